The van der Waals surface area contributed by atoms with E-state index in [1.54, 1.807) is 11.0 Å². The average Bonchev–Trinajstić information content (AvgIpc) is 3.26. The molecule has 3 aromatic rings. The minimum absolute atomic E-state index is 0.0525. The number of furan rings is 1. The normalized spacial score (nSPS) is 25.0. The summed E-state index contributed by atoms with van der Waals surface area (Å²) in [5, 5.41) is 5.19. The second-order valence-corrected chi connectivity index (χ2v) is 5.45. The summed E-state index contributed by atoms with van der Waals surface area (Å²) in [6, 6.07) is 9.86. The van der Waals surface area contributed by atoms with E-state index in [1.165, 1.54) is 6.33 Å². The number of hydrogen-bond donors (Lipinski definition) is 0. The first-order chi connectivity index (χ1) is 10.8. The minimum atomic E-state index is -0.951. The Bertz CT molecular complexity index is 735. The van der Waals surface area contributed by atoms with Gasteiger partial charge in [-0.2, -0.15) is 5.10 Å². The molecule has 0 radical (unpaired) electrons. The van der Waals surface area contributed by atoms with Crippen molar-refractivity contribution >= 4 is 11.0 Å². The van der Waals surface area contributed by atoms with Gasteiger partial charge in [0.15, 0.2) is 5.76 Å². The van der Waals surface area contributed by atoms with Crippen LogP contribution in [0.5, 0.6) is 0 Å². The van der Waals surface area contributed by atoms with E-state index in [0.29, 0.717) is 18.9 Å². The fourth-order valence-corrected chi connectivity index (χ4v) is 2.75. The Hall–Kier alpha value is -2.18. The van der Waals surface area contributed by atoms with Crippen molar-refractivity contribution in [2.75, 3.05) is 6.61 Å². The van der Waals surface area contributed by atoms with Crippen molar-refractivity contribution < 1.29 is 13.9 Å². The van der Waals surface area contributed by atoms with Crippen LogP contribution in [-0.2, 0) is 21.8 Å². The Morgan fingerprint density at radius 3 is 3.00 bits per heavy atom. The SMILES string of the molecule is CC[C@@H]1CO[C@](Cn2cncn2)(c2cc3ccccc3o2)O1. The summed E-state index contributed by atoms with van der Waals surface area (Å²) >= 11 is 0. The lowest BCUT2D eigenvalue weighted by atomic mass is 10.2. The zero-order valence-corrected chi connectivity index (χ0v) is 12.3. The third kappa shape index (κ3) is 2.20. The first kappa shape index (κ1) is 13.5. The number of nitrogens with zero attached hydrogens (tertiary/aromatic N) is 3. The van der Waals surface area contributed by atoms with Crippen LogP contribution in [0.4, 0.5) is 0 Å². The highest BCUT2D eigenvalue weighted by molar-refractivity contribution is 5.77. The fraction of sp³-hybridized carbons (Fsp3) is 0.375. The summed E-state index contributed by atoms with van der Waals surface area (Å²) in [4.78, 5) is 3.98. The number of fused-ring (bicyclic) bond motifs is 1. The quantitative estimate of drug-likeness (QED) is 0.741. The zero-order valence-electron chi connectivity index (χ0n) is 12.3. The van der Waals surface area contributed by atoms with Crippen LogP contribution < -0.4 is 0 Å². The van der Waals surface area contributed by atoms with Crippen molar-refractivity contribution in [1.29, 1.82) is 0 Å². The van der Waals surface area contributed by atoms with Crippen molar-refractivity contribution in [2.24, 2.45) is 0 Å². The molecule has 0 bridgehead atoms. The molecule has 0 aliphatic carbocycles. The number of benzene rings is 1. The first-order valence-electron chi connectivity index (χ1n) is 7.42. The number of aromatic nitrogens is 3. The second-order valence-electron chi connectivity index (χ2n) is 5.45. The first-order valence-corrected chi connectivity index (χ1v) is 7.42. The van der Waals surface area contributed by atoms with Gasteiger partial charge in [0.2, 0.25) is 5.79 Å². The third-order valence-corrected chi connectivity index (χ3v) is 3.95. The van der Waals surface area contributed by atoms with Crippen LogP contribution in [0.25, 0.3) is 11.0 Å². The maximum Gasteiger partial charge on any atom is 0.249 e. The topological polar surface area (TPSA) is 62.3 Å². The van der Waals surface area contributed by atoms with Crippen molar-refractivity contribution in [2.45, 2.75) is 31.8 Å². The van der Waals surface area contributed by atoms with Crippen LogP contribution in [0.2, 0.25) is 0 Å². The third-order valence-electron chi connectivity index (χ3n) is 3.95. The lowest BCUT2D eigenvalue weighted by molar-refractivity contribution is -0.199. The van der Waals surface area contributed by atoms with Gasteiger partial charge in [-0.05, 0) is 18.6 Å². The van der Waals surface area contributed by atoms with Crippen LogP contribution in [0.15, 0.2) is 47.4 Å². The van der Waals surface area contributed by atoms with Gasteiger partial charge in [-0.25, -0.2) is 9.67 Å². The highest BCUT2D eigenvalue weighted by Gasteiger charge is 2.46. The van der Waals surface area contributed by atoms with Gasteiger partial charge in [0.25, 0.3) is 0 Å². The lowest BCUT2D eigenvalue weighted by Crippen LogP contribution is -2.33. The zero-order chi connectivity index (χ0) is 15.0. The molecule has 0 amide bonds. The molecular weight excluding hydrogens is 282 g/mol. The molecule has 6 nitrogen and oxygen atoms in total. The van der Waals surface area contributed by atoms with Crippen molar-refractivity contribution in [3.63, 3.8) is 0 Å². The van der Waals surface area contributed by atoms with E-state index in [9.17, 15) is 0 Å². The van der Waals surface area contributed by atoms with Crippen LogP contribution in [0.3, 0.4) is 0 Å². The number of hydrogen-bond acceptors (Lipinski definition) is 5. The minimum Gasteiger partial charge on any atom is -0.455 e. The largest absolute Gasteiger partial charge is 0.455 e. The monoisotopic (exact) mass is 299 g/mol. The van der Waals surface area contributed by atoms with Gasteiger partial charge in [-0.3, -0.25) is 0 Å². The summed E-state index contributed by atoms with van der Waals surface area (Å²) < 4.78 is 19.9. The fourth-order valence-electron chi connectivity index (χ4n) is 2.75. The average molecular weight is 299 g/mol. The van der Waals surface area contributed by atoms with E-state index >= 15 is 0 Å². The second kappa shape index (κ2) is 5.23. The van der Waals surface area contributed by atoms with E-state index in [4.69, 9.17) is 13.9 Å². The van der Waals surface area contributed by atoms with Gasteiger partial charge >= 0.3 is 0 Å². The van der Waals surface area contributed by atoms with Gasteiger partial charge in [-0.15, -0.1) is 0 Å². The van der Waals surface area contributed by atoms with E-state index in [2.05, 4.69) is 17.0 Å². The Morgan fingerprint density at radius 1 is 1.36 bits per heavy atom. The van der Waals surface area contributed by atoms with Crippen LogP contribution >= 0.6 is 0 Å². The highest BCUT2D eigenvalue weighted by Crippen LogP contribution is 2.39. The van der Waals surface area contributed by atoms with Gasteiger partial charge in [0.1, 0.15) is 24.8 Å². The maximum atomic E-state index is 6.18. The molecule has 1 saturated heterocycles. The Morgan fingerprint density at radius 2 is 2.27 bits per heavy atom. The number of para-hydroxylation sites is 1. The van der Waals surface area contributed by atoms with Crippen LogP contribution in [0.1, 0.15) is 19.1 Å². The molecule has 3 heterocycles. The summed E-state index contributed by atoms with van der Waals surface area (Å²) in [5.74, 6) is -0.284. The predicted octanol–water partition coefficient (Wildman–Crippen LogP) is 2.70. The van der Waals surface area contributed by atoms with Gasteiger partial charge in [-0.1, -0.05) is 25.1 Å². The molecular formula is C16H17N3O3. The highest BCUT2D eigenvalue weighted by atomic mass is 16.8. The lowest BCUT2D eigenvalue weighted by Gasteiger charge is -2.25. The molecule has 114 valence electrons. The molecule has 0 saturated carbocycles. The number of ether oxygens (including phenoxy) is 2. The van der Waals surface area contributed by atoms with E-state index in [0.717, 1.165) is 17.4 Å². The molecule has 1 fully saturated rings. The van der Waals surface area contributed by atoms with Crippen molar-refractivity contribution in [3.05, 3.63) is 48.7 Å². The molecule has 22 heavy (non-hydrogen) atoms. The Kier molecular flexibility index (Phi) is 3.20. The standard InChI is InChI=1S/C16H17N3O3/c1-2-13-8-20-16(22-13,9-19-11-17-10-18-19)15-7-12-5-3-4-6-14(12)21-15/h3-7,10-11,13H,2,8-9H2,1H3/t13-,16+/m1/s1. The molecule has 1 aromatic carbocycles. The molecule has 2 atom stereocenters. The van der Waals surface area contributed by atoms with E-state index in [-0.39, 0.29) is 6.10 Å². The molecule has 0 unspecified atom stereocenters. The summed E-state index contributed by atoms with van der Waals surface area (Å²) in [7, 11) is 0. The summed E-state index contributed by atoms with van der Waals surface area (Å²) in [6.07, 6.45) is 4.09. The van der Waals surface area contributed by atoms with Gasteiger partial charge < -0.3 is 13.9 Å². The summed E-state index contributed by atoms with van der Waals surface area (Å²) in [6.45, 7) is 3.03. The Labute approximate surface area is 127 Å². The van der Waals surface area contributed by atoms with E-state index < -0.39 is 5.79 Å². The van der Waals surface area contributed by atoms with E-state index in [1.807, 2.05) is 30.3 Å². The van der Waals surface area contributed by atoms with Crippen molar-refractivity contribution in [1.82, 2.24) is 14.8 Å². The molecule has 1 aliphatic rings. The van der Waals surface area contributed by atoms with Gasteiger partial charge in [0, 0.05) is 5.39 Å². The van der Waals surface area contributed by atoms with Crippen molar-refractivity contribution in [3.8, 4) is 0 Å². The molecule has 0 N–H and O–H groups in total. The van der Waals surface area contributed by atoms with Crippen LogP contribution in [-0.4, -0.2) is 27.5 Å². The molecule has 4 rings (SSSR count). The predicted molar refractivity (Wildman–Crippen MR) is 79.0 cm³/mol. The molecule has 2 aromatic heterocycles. The van der Waals surface area contributed by atoms with Crippen LogP contribution in [0, 0.1) is 0 Å². The maximum absolute atomic E-state index is 6.18. The van der Waals surface area contributed by atoms with Gasteiger partial charge in [0.05, 0.1) is 12.7 Å². The summed E-state index contributed by atoms with van der Waals surface area (Å²) in [5.41, 5.74) is 0.822. The molecule has 0 spiro atoms. The smallest absolute Gasteiger partial charge is 0.249 e. The number of rotatable bonds is 4. The Balaban J connectivity index is 1.76. The molecule has 6 heteroatoms. The molecule has 1 aliphatic heterocycles.